The van der Waals surface area contributed by atoms with Gasteiger partial charge < -0.3 is 9.64 Å². The van der Waals surface area contributed by atoms with Gasteiger partial charge in [-0.1, -0.05) is 42.5 Å². The van der Waals surface area contributed by atoms with Crippen LogP contribution in [0.3, 0.4) is 0 Å². The molecule has 4 heteroatoms. The number of nitrogens with zero attached hydrogens (tertiary/aromatic N) is 2. The third kappa shape index (κ3) is 5.22. The summed E-state index contributed by atoms with van der Waals surface area (Å²) in [5.74, 6) is -0.0368. The summed E-state index contributed by atoms with van der Waals surface area (Å²) in [5.41, 5.74) is 2.67. The van der Waals surface area contributed by atoms with Crippen LogP contribution in [0, 0.1) is 11.3 Å². The molecular formula is C20H22N2O2. The number of amides is 1. The van der Waals surface area contributed by atoms with Crippen molar-refractivity contribution in [3.63, 3.8) is 0 Å². The molecule has 0 unspecified atom stereocenters. The van der Waals surface area contributed by atoms with E-state index in [9.17, 15) is 4.79 Å². The predicted molar refractivity (Wildman–Crippen MR) is 92.9 cm³/mol. The third-order valence-corrected chi connectivity index (χ3v) is 3.72. The summed E-state index contributed by atoms with van der Waals surface area (Å²) in [6.07, 6.45) is 0. The first-order valence-corrected chi connectivity index (χ1v) is 8.00. The average Bonchev–Trinajstić information content (AvgIpc) is 2.60. The first-order valence-electron chi connectivity index (χ1n) is 8.00. The molecule has 0 N–H and O–H groups in total. The molecule has 0 saturated heterocycles. The number of hydrogen-bond donors (Lipinski definition) is 0. The molecule has 0 bridgehead atoms. The number of benzene rings is 2. The second-order valence-electron chi connectivity index (χ2n) is 5.90. The van der Waals surface area contributed by atoms with Gasteiger partial charge in [-0.05, 0) is 37.1 Å². The Bertz CT molecular complexity index is 688. The van der Waals surface area contributed by atoms with Crippen molar-refractivity contribution in [2.75, 3.05) is 6.61 Å². The molecule has 0 heterocycles. The highest BCUT2D eigenvalue weighted by Gasteiger charge is 2.17. The van der Waals surface area contributed by atoms with Crippen LogP contribution in [0.1, 0.15) is 30.5 Å². The topological polar surface area (TPSA) is 53.3 Å². The van der Waals surface area contributed by atoms with Crippen LogP contribution in [0.2, 0.25) is 0 Å². The second kappa shape index (κ2) is 8.85. The molecule has 2 aromatic carbocycles. The Labute approximate surface area is 143 Å². The van der Waals surface area contributed by atoms with Crippen LogP contribution in [0.25, 0.3) is 0 Å². The molecule has 0 aliphatic rings. The van der Waals surface area contributed by atoms with E-state index in [1.165, 1.54) is 0 Å². The third-order valence-electron chi connectivity index (χ3n) is 3.72. The zero-order chi connectivity index (χ0) is 17.4. The molecular weight excluding hydrogens is 300 g/mol. The lowest BCUT2D eigenvalue weighted by Gasteiger charge is -2.27. The van der Waals surface area contributed by atoms with Crippen molar-refractivity contribution in [3.8, 4) is 6.07 Å². The summed E-state index contributed by atoms with van der Waals surface area (Å²) in [6.45, 7) is 4.97. The zero-order valence-corrected chi connectivity index (χ0v) is 14.1. The van der Waals surface area contributed by atoms with Crippen molar-refractivity contribution in [2.45, 2.75) is 33.0 Å². The number of rotatable bonds is 7. The minimum Gasteiger partial charge on any atom is -0.367 e. The maximum Gasteiger partial charge on any atom is 0.249 e. The lowest BCUT2D eigenvalue weighted by Crippen LogP contribution is -2.38. The summed E-state index contributed by atoms with van der Waals surface area (Å²) in [5, 5.41) is 8.85. The number of carbonyl (C=O) groups excluding carboxylic acids is 1. The molecule has 2 aromatic rings. The minimum absolute atomic E-state index is 0.0368. The highest BCUT2D eigenvalue weighted by molar-refractivity contribution is 5.77. The summed E-state index contributed by atoms with van der Waals surface area (Å²) in [4.78, 5) is 14.2. The van der Waals surface area contributed by atoms with Gasteiger partial charge in [-0.25, -0.2) is 0 Å². The van der Waals surface area contributed by atoms with Gasteiger partial charge in [-0.15, -0.1) is 0 Å². The van der Waals surface area contributed by atoms with Crippen LogP contribution in [0.5, 0.6) is 0 Å². The molecule has 0 aromatic heterocycles. The fourth-order valence-electron chi connectivity index (χ4n) is 2.35. The standard InChI is InChI=1S/C20H22N2O2/c1-16(2)22(13-18-10-8-17(12-21)9-11-18)20(23)15-24-14-19-6-4-3-5-7-19/h3-11,16H,13-15H2,1-2H3. The maximum atomic E-state index is 12.5. The van der Waals surface area contributed by atoms with Crippen LogP contribution in [0.15, 0.2) is 54.6 Å². The number of ether oxygens (including phenoxy) is 1. The van der Waals surface area contributed by atoms with Gasteiger partial charge in [-0.3, -0.25) is 4.79 Å². The van der Waals surface area contributed by atoms with Crippen molar-refractivity contribution in [2.24, 2.45) is 0 Å². The molecule has 124 valence electrons. The molecule has 0 aliphatic carbocycles. The van der Waals surface area contributed by atoms with E-state index in [1.54, 1.807) is 17.0 Å². The second-order valence-corrected chi connectivity index (χ2v) is 5.90. The number of hydrogen-bond acceptors (Lipinski definition) is 3. The van der Waals surface area contributed by atoms with Gasteiger partial charge in [0, 0.05) is 12.6 Å². The Morgan fingerprint density at radius 3 is 2.33 bits per heavy atom. The fourth-order valence-corrected chi connectivity index (χ4v) is 2.35. The summed E-state index contributed by atoms with van der Waals surface area (Å²) in [6, 6.07) is 19.3. The molecule has 0 fully saturated rings. The van der Waals surface area contributed by atoms with E-state index in [1.807, 2.05) is 56.3 Å². The van der Waals surface area contributed by atoms with Crippen molar-refractivity contribution in [3.05, 3.63) is 71.3 Å². The van der Waals surface area contributed by atoms with E-state index >= 15 is 0 Å². The molecule has 0 radical (unpaired) electrons. The maximum absolute atomic E-state index is 12.5. The van der Waals surface area contributed by atoms with E-state index in [0.717, 1.165) is 11.1 Å². The first-order chi connectivity index (χ1) is 11.6. The minimum atomic E-state index is -0.0368. The van der Waals surface area contributed by atoms with Gasteiger partial charge in [0.15, 0.2) is 0 Å². The molecule has 0 spiro atoms. The van der Waals surface area contributed by atoms with Gasteiger partial charge in [0.25, 0.3) is 0 Å². The molecule has 4 nitrogen and oxygen atoms in total. The summed E-state index contributed by atoms with van der Waals surface area (Å²) >= 11 is 0. The van der Waals surface area contributed by atoms with E-state index in [2.05, 4.69) is 6.07 Å². The van der Waals surface area contributed by atoms with Crippen LogP contribution in [-0.2, 0) is 22.7 Å². The molecule has 24 heavy (non-hydrogen) atoms. The van der Waals surface area contributed by atoms with Crippen LogP contribution >= 0.6 is 0 Å². The molecule has 0 atom stereocenters. The summed E-state index contributed by atoms with van der Waals surface area (Å²) in [7, 11) is 0. The smallest absolute Gasteiger partial charge is 0.249 e. The Kier molecular flexibility index (Phi) is 6.53. The van der Waals surface area contributed by atoms with E-state index in [-0.39, 0.29) is 18.6 Å². The quantitative estimate of drug-likeness (QED) is 0.784. The van der Waals surface area contributed by atoms with E-state index in [4.69, 9.17) is 10.00 Å². The normalized spacial score (nSPS) is 10.4. The Balaban J connectivity index is 1.91. The molecule has 2 rings (SSSR count). The number of nitriles is 1. The molecule has 1 amide bonds. The fraction of sp³-hybridized carbons (Fsp3) is 0.300. The Morgan fingerprint density at radius 1 is 1.08 bits per heavy atom. The van der Waals surface area contributed by atoms with E-state index in [0.29, 0.717) is 18.7 Å². The number of carbonyl (C=O) groups is 1. The van der Waals surface area contributed by atoms with Gasteiger partial charge in [0.2, 0.25) is 5.91 Å². The largest absolute Gasteiger partial charge is 0.367 e. The lowest BCUT2D eigenvalue weighted by atomic mass is 10.1. The molecule has 0 aliphatic heterocycles. The van der Waals surface area contributed by atoms with Crippen molar-refractivity contribution in [1.29, 1.82) is 5.26 Å². The van der Waals surface area contributed by atoms with E-state index < -0.39 is 0 Å². The van der Waals surface area contributed by atoms with Crippen LogP contribution in [0.4, 0.5) is 0 Å². The molecule has 0 saturated carbocycles. The van der Waals surface area contributed by atoms with Crippen molar-refractivity contribution >= 4 is 5.91 Å². The SMILES string of the molecule is CC(C)N(Cc1ccc(C#N)cc1)C(=O)COCc1ccccc1. The predicted octanol–water partition coefficient (Wildman–Crippen LogP) is 3.51. The lowest BCUT2D eigenvalue weighted by molar-refractivity contribution is -0.139. The summed E-state index contributed by atoms with van der Waals surface area (Å²) < 4.78 is 5.55. The average molecular weight is 322 g/mol. The highest BCUT2D eigenvalue weighted by atomic mass is 16.5. The monoisotopic (exact) mass is 322 g/mol. The Morgan fingerprint density at radius 2 is 1.75 bits per heavy atom. The van der Waals surface area contributed by atoms with Gasteiger partial charge >= 0.3 is 0 Å². The first kappa shape index (κ1) is 17.7. The highest BCUT2D eigenvalue weighted by Crippen LogP contribution is 2.11. The van der Waals surface area contributed by atoms with Gasteiger partial charge in [-0.2, -0.15) is 5.26 Å². The van der Waals surface area contributed by atoms with Gasteiger partial charge in [0.05, 0.1) is 18.2 Å². The van der Waals surface area contributed by atoms with Crippen LogP contribution < -0.4 is 0 Å². The van der Waals surface area contributed by atoms with Crippen molar-refractivity contribution in [1.82, 2.24) is 4.90 Å². The van der Waals surface area contributed by atoms with Gasteiger partial charge in [0.1, 0.15) is 6.61 Å². The van der Waals surface area contributed by atoms with Crippen molar-refractivity contribution < 1.29 is 9.53 Å². The van der Waals surface area contributed by atoms with Crippen LogP contribution in [-0.4, -0.2) is 23.5 Å². The zero-order valence-electron chi connectivity index (χ0n) is 14.1. The Hall–Kier alpha value is -2.64.